The Bertz CT molecular complexity index is 328. The molecule has 1 saturated carbocycles. The second-order valence-electron chi connectivity index (χ2n) is 4.32. The number of halogens is 1. The van der Waals surface area contributed by atoms with E-state index in [1.165, 1.54) is 19.3 Å². The Hall–Kier alpha value is -0.540. The van der Waals surface area contributed by atoms with Gasteiger partial charge in [0.15, 0.2) is 0 Å². The predicted molar refractivity (Wildman–Crippen MR) is 57.3 cm³/mol. The first-order valence-corrected chi connectivity index (χ1v) is 5.40. The molecule has 1 heterocycles. The zero-order valence-electron chi connectivity index (χ0n) is 8.68. The Balaban J connectivity index is 1.94. The van der Waals surface area contributed by atoms with Crippen molar-refractivity contribution in [2.45, 2.75) is 38.3 Å². The van der Waals surface area contributed by atoms with E-state index < -0.39 is 0 Å². The van der Waals surface area contributed by atoms with Crippen molar-refractivity contribution in [1.29, 1.82) is 0 Å². The van der Waals surface area contributed by atoms with E-state index in [0.717, 1.165) is 12.4 Å². The predicted octanol–water partition coefficient (Wildman–Crippen LogP) is 2.11. The summed E-state index contributed by atoms with van der Waals surface area (Å²) in [4.78, 5) is 4.25. The highest BCUT2D eigenvalue weighted by Crippen LogP contribution is 2.31. The average Bonchev–Trinajstić information content (AvgIpc) is 2.42. The molecular weight excluding hydrogens is 198 g/mol. The van der Waals surface area contributed by atoms with Gasteiger partial charge in [-0.15, -0.1) is 0 Å². The van der Waals surface area contributed by atoms with Crippen LogP contribution in [0.2, 0.25) is 5.15 Å². The van der Waals surface area contributed by atoms with Crippen LogP contribution in [-0.4, -0.2) is 15.1 Å². The van der Waals surface area contributed by atoms with Gasteiger partial charge < -0.3 is 9.88 Å². The second kappa shape index (κ2) is 3.55. The normalized spacial score (nSPS) is 19.4. The molecule has 2 rings (SSSR count). The van der Waals surface area contributed by atoms with Crippen LogP contribution in [0.15, 0.2) is 6.20 Å². The lowest BCUT2D eigenvalue weighted by atomic mass is 9.78. The molecule has 0 amide bonds. The van der Waals surface area contributed by atoms with Crippen molar-refractivity contribution in [3.8, 4) is 0 Å². The van der Waals surface area contributed by atoms with Crippen molar-refractivity contribution in [2.75, 3.05) is 0 Å². The van der Waals surface area contributed by atoms with E-state index in [4.69, 9.17) is 11.6 Å². The van der Waals surface area contributed by atoms with Crippen molar-refractivity contribution in [2.24, 2.45) is 7.05 Å². The first-order chi connectivity index (χ1) is 6.61. The Morgan fingerprint density at radius 1 is 1.64 bits per heavy atom. The molecule has 1 N–H and O–H groups in total. The summed E-state index contributed by atoms with van der Waals surface area (Å²) in [6, 6.07) is 0. The third-order valence-corrected chi connectivity index (χ3v) is 3.51. The molecule has 14 heavy (non-hydrogen) atoms. The zero-order valence-corrected chi connectivity index (χ0v) is 9.43. The minimum Gasteiger partial charge on any atom is -0.321 e. The highest BCUT2D eigenvalue weighted by Gasteiger charge is 2.31. The maximum absolute atomic E-state index is 5.90. The molecule has 0 aliphatic heterocycles. The minimum absolute atomic E-state index is 0.332. The molecule has 1 fully saturated rings. The molecule has 1 aromatic rings. The molecule has 0 unspecified atom stereocenters. The Morgan fingerprint density at radius 2 is 2.36 bits per heavy atom. The van der Waals surface area contributed by atoms with Gasteiger partial charge in [0, 0.05) is 12.6 Å². The van der Waals surface area contributed by atoms with Crippen LogP contribution in [0.4, 0.5) is 0 Å². The third kappa shape index (κ3) is 1.79. The molecule has 1 aromatic heterocycles. The molecule has 0 saturated heterocycles. The molecule has 1 aliphatic rings. The first-order valence-electron chi connectivity index (χ1n) is 5.02. The summed E-state index contributed by atoms with van der Waals surface area (Å²) in [6.07, 6.45) is 5.57. The molecule has 4 heteroatoms. The highest BCUT2D eigenvalue weighted by molar-refractivity contribution is 6.29. The highest BCUT2D eigenvalue weighted by atomic mass is 35.5. The summed E-state index contributed by atoms with van der Waals surface area (Å²) in [7, 11) is 1.94. The van der Waals surface area contributed by atoms with Gasteiger partial charge in [-0.25, -0.2) is 4.98 Å². The van der Waals surface area contributed by atoms with E-state index in [2.05, 4.69) is 17.2 Å². The smallest absolute Gasteiger partial charge is 0.128 e. The quantitative estimate of drug-likeness (QED) is 0.834. The molecule has 0 bridgehead atoms. The van der Waals surface area contributed by atoms with Crippen LogP contribution in [0.5, 0.6) is 0 Å². The third-order valence-electron chi connectivity index (χ3n) is 3.16. The molecule has 3 nitrogen and oxygen atoms in total. The van der Waals surface area contributed by atoms with Crippen LogP contribution in [-0.2, 0) is 13.6 Å². The van der Waals surface area contributed by atoms with Gasteiger partial charge in [0.2, 0.25) is 0 Å². The van der Waals surface area contributed by atoms with Crippen LogP contribution in [0.1, 0.15) is 32.0 Å². The number of aromatic nitrogens is 2. The number of nitrogens with one attached hydrogen (secondary N) is 1. The lowest BCUT2D eigenvalue weighted by Crippen LogP contribution is -2.47. The van der Waals surface area contributed by atoms with Crippen molar-refractivity contribution >= 4 is 11.6 Å². The molecular formula is C10H16ClN3. The van der Waals surface area contributed by atoms with Gasteiger partial charge in [0.05, 0.1) is 12.7 Å². The van der Waals surface area contributed by atoms with Crippen LogP contribution < -0.4 is 5.32 Å². The van der Waals surface area contributed by atoms with Crippen LogP contribution in [0, 0.1) is 0 Å². The zero-order chi connectivity index (χ0) is 10.2. The summed E-state index contributed by atoms with van der Waals surface area (Å²) in [5.41, 5.74) is 0.332. The minimum atomic E-state index is 0.332. The topological polar surface area (TPSA) is 29.9 Å². The fraction of sp³-hybridized carbons (Fsp3) is 0.700. The van der Waals surface area contributed by atoms with Gasteiger partial charge >= 0.3 is 0 Å². The fourth-order valence-corrected chi connectivity index (χ4v) is 1.91. The van der Waals surface area contributed by atoms with Crippen molar-refractivity contribution < 1.29 is 0 Å². The van der Waals surface area contributed by atoms with E-state index in [0.29, 0.717) is 10.7 Å². The molecule has 78 valence electrons. The summed E-state index contributed by atoms with van der Waals surface area (Å²) in [5, 5.41) is 4.22. The molecule has 1 aliphatic carbocycles. The van der Waals surface area contributed by atoms with Gasteiger partial charge in [-0.1, -0.05) is 11.6 Å². The second-order valence-corrected chi connectivity index (χ2v) is 4.71. The number of hydrogen-bond donors (Lipinski definition) is 1. The van der Waals surface area contributed by atoms with Gasteiger partial charge in [-0.05, 0) is 26.2 Å². The van der Waals surface area contributed by atoms with E-state index in [1.54, 1.807) is 6.20 Å². The molecule has 0 radical (unpaired) electrons. The van der Waals surface area contributed by atoms with E-state index >= 15 is 0 Å². The number of imidazole rings is 1. The van der Waals surface area contributed by atoms with E-state index in [1.807, 2.05) is 11.6 Å². The van der Waals surface area contributed by atoms with Gasteiger partial charge in [-0.2, -0.15) is 0 Å². The average molecular weight is 214 g/mol. The Labute approximate surface area is 89.5 Å². The summed E-state index contributed by atoms with van der Waals surface area (Å²) < 4.78 is 1.91. The molecule has 0 spiro atoms. The number of rotatable bonds is 3. The number of nitrogens with zero attached hydrogens (tertiary/aromatic N) is 2. The van der Waals surface area contributed by atoms with Crippen LogP contribution >= 0.6 is 11.6 Å². The first kappa shape index (κ1) is 9.99. The SMILES string of the molecule is Cn1c(Cl)cnc1CNC1(C)CCC1. The Morgan fingerprint density at radius 3 is 2.79 bits per heavy atom. The number of hydrogen-bond acceptors (Lipinski definition) is 2. The monoisotopic (exact) mass is 213 g/mol. The van der Waals surface area contributed by atoms with E-state index in [9.17, 15) is 0 Å². The maximum atomic E-state index is 5.90. The molecule has 0 aromatic carbocycles. The largest absolute Gasteiger partial charge is 0.321 e. The van der Waals surface area contributed by atoms with E-state index in [-0.39, 0.29) is 0 Å². The van der Waals surface area contributed by atoms with Crippen LogP contribution in [0.3, 0.4) is 0 Å². The lowest BCUT2D eigenvalue weighted by molar-refractivity contribution is 0.204. The summed E-state index contributed by atoms with van der Waals surface area (Å²) >= 11 is 5.90. The standard InChI is InChI=1S/C10H16ClN3/c1-10(4-3-5-10)13-7-9-12-6-8(11)14(9)2/h6,13H,3-5,7H2,1-2H3. The van der Waals surface area contributed by atoms with Crippen LogP contribution in [0.25, 0.3) is 0 Å². The Kier molecular flexibility index (Phi) is 2.54. The maximum Gasteiger partial charge on any atom is 0.128 e. The molecule has 0 atom stereocenters. The van der Waals surface area contributed by atoms with Gasteiger partial charge in [0.25, 0.3) is 0 Å². The fourth-order valence-electron chi connectivity index (χ4n) is 1.76. The summed E-state index contributed by atoms with van der Waals surface area (Å²) in [6.45, 7) is 3.07. The van der Waals surface area contributed by atoms with Gasteiger partial charge in [-0.3, -0.25) is 0 Å². The lowest BCUT2D eigenvalue weighted by Gasteiger charge is -2.39. The van der Waals surface area contributed by atoms with Gasteiger partial charge in [0.1, 0.15) is 11.0 Å². The van der Waals surface area contributed by atoms with Crippen molar-refractivity contribution in [3.63, 3.8) is 0 Å². The van der Waals surface area contributed by atoms with Crippen molar-refractivity contribution in [3.05, 3.63) is 17.2 Å². The summed E-state index contributed by atoms with van der Waals surface area (Å²) in [5.74, 6) is 1.00. The van der Waals surface area contributed by atoms with Crippen molar-refractivity contribution in [1.82, 2.24) is 14.9 Å².